The van der Waals surface area contributed by atoms with E-state index in [0.717, 1.165) is 0 Å². The van der Waals surface area contributed by atoms with Gasteiger partial charge in [-0.1, -0.05) is 20.4 Å². The van der Waals surface area contributed by atoms with Gasteiger partial charge in [0.1, 0.15) is 5.78 Å². The van der Waals surface area contributed by atoms with E-state index < -0.39 is 0 Å². The third kappa shape index (κ3) is 12.5. The van der Waals surface area contributed by atoms with Crippen LogP contribution >= 0.6 is 0 Å². The number of Topliss-reactive ketones (excluding diaryl/α,β-unsaturated/α-hetero) is 1. The Morgan fingerprint density at radius 3 is 2.00 bits per heavy atom. The van der Waals surface area contributed by atoms with Crippen molar-refractivity contribution in [3.8, 4) is 0 Å². The van der Waals surface area contributed by atoms with E-state index in [0.29, 0.717) is 58.2 Å². The van der Waals surface area contributed by atoms with Gasteiger partial charge >= 0.3 is 0 Å². The topological polar surface area (TPSA) is 73.9 Å². The average molecular weight is 317 g/mol. The van der Waals surface area contributed by atoms with Gasteiger partial charge in [0.25, 0.3) is 0 Å². The maximum Gasteiger partial charge on any atom is 0.246 e. The van der Waals surface area contributed by atoms with Crippen LogP contribution in [-0.4, -0.2) is 57.9 Å². The summed E-state index contributed by atoms with van der Waals surface area (Å²) in [6.07, 6.45) is 0.455. The number of hydrogen-bond acceptors (Lipinski definition) is 5. The molecule has 0 spiro atoms. The number of nitrogens with one attached hydrogen (secondary N) is 1. The molecule has 0 fully saturated rings. The minimum Gasteiger partial charge on any atom is -0.379 e. The molecule has 6 heteroatoms. The maximum absolute atomic E-state index is 11.3. The summed E-state index contributed by atoms with van der Waals surface area (Å²) in [4.78, 5) is 22.5. The van der Waals surface area contributed by atoms with Crippen LogP contribution in [0.15, 0.2) is 12.2 Å². The Bertz CT molecular complexity index is 347. The molecule has 0 unspecified atom stereocenters. The fourth-order valence-electron chi connectivity index (χ4n) is 1.39. The maximum atomic E-state index is 11.3. The highest BCUT2D eigenvalue weighted by Crippen LogP contribution is 1.98. The SMILES string of the molecule is C=C(C)C(=O)NCCOCCOCCOCCC(=O)C(C)C.[HH]. The van der Waals surface area contributed by atoms with Crippen molar-refractivity contribution >= 4 is 11.7 Å². The second-order valence-electron chi connectivity index (χ2n) is 5.24. The zero-order chi connectivity index (χ0) is 16.8. The molecule has 0 heterocycles. The quantitative estimate of drug-likeness (QED) is 0.389. The van der Waals surface area contributed by atoms with Crippen molar-refractivity contribution in [2.24, 2.45) is 5.92 Å². The Morgan fingerprint density at radius 1 is 1.00 bits per heavy atom. The standard InChI is InChI=1S/C16H29NO5.H2/c1-13(2)15(18)5-7-20-9-11-22-12-10-21-8-6-17-16(19)14(3)4;/h13H,3,5-12H2,1-2,4H3,(H,17,19);1H. The van der Waals surface area contributed by atoms with Gasteiger partial charge in [0.2, 0.25) is 5.91 Å². The molecule has 0 aliphatic rings. The number of rotatable bonds is 14. The predicted molar refractivity (Wildman–Crippen MR) is 86.9 cm³/mol. The van der Waals surface area contributed by atoms with Gasteiger partial charge in [0.15, 0.2) is 0 Å². The lowest BCUT2D eigenvalue weighted by Crippen LogP contribution is -2.27. The Hall–Kier alpha value is -1.24. The fourth-order valence-corrected chi connectivity index (χ4v) is 1.39. The molecule has 6 nitrogen and oxygen atoms in total. The number of hydrogen-bond donors (Lipinski definition) is 1. The van der Waals surface area contributed by atoms with Crippen LogP contribution in [0.25, 0.3) is 0 Å². The summed E-state index contributed by atoms with van der Waals surface area (Å²) in [6, 6.07) is 0. The summed E-state index contributed by atoms with van der Waals surface area (Å²) in [5.41, 5.74) is 0.485. The first-order chi connectivity index (χ1) is 10.4. The second kappa shape index (κ2) is 13.4. The zero-order valence-electron chi connectivity index (χ0n) is 14.0. The molecule has 0 radical (unpaired) electrons. The van der Waals surface area contributed by atoms with Crippen molar-refractivity contribution in [2.45, 2.75) is 27.2 Å². The molecule has 0 atom stereocenters. The lowest BCUT2D eigenvalue weighted by molar-refractivity contribution is -0.123. The Labute approximate surface area is 134 Å². The molecule has 0 aliphatic heterocycles. The molecule has 0 aromatic rings. The van der Waals surface area contributed by atoms with E-state index in [2.05, 4.69) is 11.9 Å². The highest BCUT2D eigenvalue weighted by atomic mass is 16.5. The van der Waals surface area contributed by atoms with Crippen molar-refractivity contribution in [3.63, 3.8) is 0 Å². The molecular weight excluding hydrogens is 286 g/mol. The van der Waals surface area contributed by atoms with Crippen LogP contribution in [0.1, 0.15) is 28.6 Å². The van der Waals surface area contributed by atoms with E-state index in [1.807, 2.05) is 13.8 Å². The first-order valence-corrected chi connectivity index (χ1v) is 7.64. The summed E-state index contributed by atoms with van der Waals surface area (Å²) in [5.74, 6) is 0.123. The molecule has 0 rings (SSSR count). The van der Waals surface area contributed by atoms with Crippen LogP contribution in [0.3, 0.4) is 0 Å². The average Bonchev–Trinajstić information content (AvgIpc) is 2.47. The van der Waals surface area contributed by atoms with Crippen molar-refractivity contribution < 1.29 is 25.2 Å². The normalized spacial score (nSPS) is 10.7. The third-order valence-corrected chi connectivity index (χ3v) is 2.80. The molecule has 130 valence electrons. The number of carbonyl (C=O) groups excluding carboxylic acids is 2. The molecule has 22 heavy (non-hydrogen) atoms. The second-order valence-corrected chi connectivity index (χ2v) is 5.24. The number of amides is 1. The molecule has 0 aliphatic carbocycles. The largest absolute Gasteiger partial charge is 0.379 e. The smallest absolute Gasteiger partial charge is 0.246 e. The van der Waals surface area contributed by atoms with Crippen molar-refractivity contribution in [1.29, 1.82) is 0 Å². The van der Waals surface area contributed by atoms with Crippen LogP contribution in [0, 0.1) is 5.92 Å². The number of carbonyl (C=O) groups is 2. The van der Waals surface area contributed by atoms with Crippen LogP contribution in [0.5, 0.6) is 0 Å². The first-order valence-electron chi connectivity index (χ1n) is 7.64. The van der Waals surface area contributed by atoms with Crippen LogP contribution in [0.4, 0.5) is 0 Å². The van der Waals surface area contributed by atoms with Crippen molar-refractivity contribution in [2.75, 3.05) is 46.2 Å². The fraction of sp³-hybridized carbons (Fsp3) is 0.750. The number of ether oxygens (including phenoxy) is 3. The monoisotopic (exact) mass is 317 g/mol. The molecule has 0 saturated carbocycles. The molecule has 1 amide bonds. The van der Waals surface area contributed by atoms with Crippen LogP contribution < -0.4 is 5.32 Å². The van der Waals surface area contributed by atoms with Gasteiger partial charge in [-0.15, -0.1) is 0 Å². The zero-order valence-corrected chi connectivity index (χ0v) is 14.0. The van der Waals surface area contributed by atoms with E-state index in [-0.39, 0.29) is 19.0 Å². The molecule has 0 aromatic carbocycles. The summed E-state index contributed by atoms with van der Waals surface area (Å²) >= 11 is 0. The van der Waals surface area contributed by atoms with Gasteiger partial charge in [-0.3, -0.25) is 9.59 Å². The molecular formula is C16H31NO5. The summed E-state index contributed by atoms with van der Waals surface area (Å²) in [6.45, 7) is 12.2. The Balaban J connectivity index is 0. The van der Waals surface area contributed by atoms with Crippen molar-refractivity contribution in [1.82, 2.24) is 5.32 Å². The van der Waals surface area contributed by atoms with Gasteiger partial charge < -0.3 is 19.5 Å². The lowest BCUT2D eigenvalue weighted by atomic mass is 10.1. The van der Waals surface area contributed by atoms with E-state index >= 15 is 0 Å². The van der Waals surface area contributed by atoms with Crippen LogP contribution in [-0.2, 0) is 23.8 Å². The van der Waals surface area contributed by atoms with E-state index in [4.69, 9.17) is 14.2 Å². The van der Waals surface area contributed by atoms with Gasteiger partial charge in [-0.2, -0.15) is 0 Å². The highest BCUT2D eigenvalue weighted by molar-refractivity contribution is 5.92. The van der Waals surface area contributed by atoms with Crippen LogP contribution in [0.2, 0.25) is 0 Å². The molecule has 0 bridgehead atoms. The lowest BCUT2D eigenvalue weighted by Gasteiger charge is -2.08. The van der Waals surface area contributed by atoms with Gasteiger partial charge in [-0.25, -0.2) is 0 Å². The van der Waals surface area contributed by atoms with Gasteiger partial charge in [0, 0.05) is 25.9 Å². The van der Waals surface area contributed by atoms with Gasteiger partial charge in [0.05, 0.1) is 39.6 Å². The summed E-state index contributed by atoms with van der Waals surface area (Å²) in [5, 5.41) is 2.67. The van der Waals surface area contributed by atoms with E-state index in [1.165, 1.54) is 0 Å². The minimum atomic E-state index is -0.159. The molecule has 0 saturated heterocycles. The Morgan fingerprint density at radius 2 is 1.50 bits per heavy atom. The van der Waals surface area contributed by atoms with Gasteiger partial charge in [-0.05, 0) is 6.92 Å². The minimum absolute atomic E-state index is 0. The van der Waals surface area contributed by atoms with Crippen molar-refractivity contribution in [3.05, 3.63) is 12.2 Å². The molecule has 1 N–H and O–H groups in total. The van der Waals surface area contributed by atoms with E-state index in [1.54, 1.807) is 6.92 Å². The third-order valence-electron chi connectivity index (χ3n) is 2.80. The van der Waals surface area contributed by atoms with E-state index in [9.17, 15) is 9.59 Å². The first kappa shape index (κ1) is 20.8. The summed E-state index contributed by atoms with van der Waals surface area (Å²) in [7, 11) is 0. The Kier molecular flexibility index (Phi) is 12.7. The number of ketones is 1. The summed E-state index contributed by atoms with van der Waals surface area (Å²) < 4.78 is 15.9. The highest BCUT2D eigenvalue weighted by Gasteiger charge is 2.06. The predicted octanol–water partition coefficient (Wildman–Crippen LogP) is 1.59. The molecule has 0 aromatic heterocycles.